The number of piperidine rings is 1. The lowest BCUT2D eigenvalue weighted by Crippen LogP contribution is -2.40. The zero-order chi connectivity index (χ0) is 11.5. The molecular formula is C9H12ClN3O2S. The van der Waals surface area contributed by atoms with Crippen molar-refractivity contribution >= 4 is 34.0 Å². The number of carbonyl (C=O) groups is 1. The molecule has 1 atom stereocenters. The maximum Gasteiger partial charge on any atom is 0.305 e. The standard InChI is InChI=1S/C9H12ClN3O2S/c10-8-11-12-9(16-8)13-4-2-1-3-6(13)5-7(14)15/h6H,1-5H2,(H,14,15). The van der Waals surface area contributed by atoms with Gasteiger partial charge in [0.25, 0.3) is 0 Å². The number of halogens is 1. The van der Waals surface area contributed by atoms with Crippen LogP contribution in [0.1, 0.15) is 25.7 Å². The average Bonchev–Trinajstić information content (AvgIpc) is 2.65. The number of aromatic nitrogens is 2. The molecule has 1 saturated heterocycles. The van der Waals surface area contributed by atoms with E-state index in [4.69, 9.17) is 16.7 Å². The lowest BCUT2D eigenvalue weighted by atomic mass is 10.0. The third kappa shape index (κ3) is 2.62. The highest BCUT2D eigenvalue weighted by molar-refractivity contribution is 7.19. The van der Waals surface area contributed by atoms with E-state index in [-0.39, 0.29) is 12.5 Å². The number of rotatable bonds is 3. The van der Waals surface area contributed by atoms with Gasteiger partial charge in [-0.05, 0) is 30.9 Å². The van der Waals surface area contributed by atoms with Crippen molar-refractivity contribution in [2.45, 2.75) is 31.7 Å². The number of hydrogen-bond donors (Lipinski definition) is 1. The van der Waals surface area contributed by atoms with Crippen LogP contribution < -0.4 is 4.90 Å². The summed E-state index contributed by atoms with van der Waals surface area (Å²) in [5, 5.41) is 17.3. The second-order valence-electron chi connectivity index (χ2n) is 3.78. The van der Waals surface area contributed by atoms with Crippen molar-refractivity contribution in [2.75, 3.05) is 11.4 Å². The molecule has 7 heteroatoms. The molecule has 1 aromatic rings. The molecule has 16 heavy (non-hydrogen) atoms. The van der Waals surface area contributed by atoms with Gasteiger partial charge in [0, 0.05) is 12.6 Å². The summed E-state index contributed by atoms with van der Waals surface area (Å²) in [4.78, 5) is 12.8. The van der Waals surface area contributed by atoms with Crippen LogP contribution in [0.4, 0.5) is 5.13 Å². The van der Waals surface area contributed by atoms with Crippen molar-refractivity contribution in [3.63, 3.8) is 0 Å². The van der Waals surface area contributed by atoms with Gasteiger partial charge >= 0.3 is 5.97 Å². The van der Waals surface area contributed by atoms with E-state index in [1.807, 2.05) is 4.90 Å². The molecule has 0 saturated carbocycles. The number of anilines is 1. The molecule has 0 aromatic carbocycles. The molecule has 2 heterocycles. The van der Waals surface area contributed by atoms with E-state index in [9.17, 15) is 4.79 Å². The van der Waals surface area contributed by atoms with Gasteiger partial charge in [-0.1, -0.05) is 11.3 Å². The summed E-state index contributed by atoms with van der Waals surface area (Å²) < 4.78 is 0.398. The van der Waals surface area contributed by atoms with Crippen LogP contribution in [-0.2, 0) is 4.79 Å². The zero-order valence-corrected chi connectivity index (χ0v) is 10.2. The van der Waals surface area contributed by atoms with Gasteiger partial charge < -0.3 is 10.0 Å². The predicted octanol–water partition coefficient (Wildman–Crippen LogP) is 2.03. The summed E-state index contributed by atoms with van der Waals surface area (Å²) in [5.41, 5.74) is 0. The fourth-order valence-electron chi connectivity index (χ4n) is 1.98. The summed E-state index contributed by atoms with van der Waals surface area (Å²) >= 11 is 7.04. The fourth-order valence-corrected chi connectivity index (χ4v) is 2.90. The van der Waals surface area contributed by atoms with Crippen LogP contribution in [0.3, 0.4) is 0 Å². The molecule has 2 rings (SSSR count). The van der Waals surface area contributed by atoms with Crippen LogP contribution in [0.25, 0.3) is 0 Å². The van der Waals surface area contributed by atoms with E-state index < -0.39 is 5.97 Å². The Labute approximate surface area is 102 Å². The Morgan fingerprint density at radius 2 is 2.38 bits per heavy atom. The van der Waals surface area contributed by atoms with Crippen LogP contribution in [-0.4, -0.2) is 33.9 Å². The van der Waals surface area contributed by atoms with Gasteiger partial charge in [0.15, 0.2) is 0 Å². The predicted molar refractivity (Wildman–Crippen MR) is 62.2 cm³/mol. The summed E-state index contributed by atoms with van der Waals surface area (Å²) in [6.07, 6.45) is 3.18. The first-order chi connectivity index (χ1) is 7.66. The van der Waals surface area contributed by atoms with Crippen LogP contribution >= 0.6 is 22.9 Å². The fraction of sp³-hybridized carbons (Fsp3) is 0.667. The van der Waals surface area contributed by atoms with Crippen molar-refractivity contribution in [3.05, 3.63) is 4.47 Å². The Kier molecular flexibility index (Phi) is 3.60. The van der Waals surface area contributed by atoms with Crippen molar-refractivity contribution in [3.8, 4) is 0 Å². The first kappa shape index (κ1) is 11.6. The van der Waals surface area contributed by atoms with E-state index in [0.29, 0.717) is 4.47 Å². The molecule has 1 aliphatic heterocycles. The summed E-state index contributed by atoms with van der Waals surface area (Å²) in [6, 6.07) is 0.0234. The number of hydrogen-bond acceptors (Lipinski definition) is 5. The van der Waals surface area contributed by atoms with Gasteiger partial charge in [0.2, 0.25) is 9.60 Å². The van der Waals surface area contributed by atoms with Gasteiger partial charge in [-0.2, -0.15) is 0 Å². The third-order valence-corrected chi connectivity index (χ3v) is 3.73. The van der Waals surface area contributed by atoms with Crippen molar-refractivity contribution in [2.24, 2.45) is 0 Å². The van der Waals surface area contributed by atoms with Crippen LogP contribution in [0.5, 0.6) is 0 Å². The quantitative estimate of drug-likeness (QED) is 0.902. The molecule has 0 spiro atoms. The first-order valence-corrected chi connectivity index (χ1v) is 6.33. The van der Waals surface area contributed by atoms with Crippen molar-refractivity contribution < 1.29 is 9.90 Å². The largest absolute Gasteiger partial charge is 0.481 e. The van der Waals surface area contributed by atoms with Gasteiger partial charge in [-0.15, -0.1) is 10.2 Å². The lowest BCUT2D eigenvalue weighted by molar-refractivity contribution is -0.137. The number of nitrogens with zero attached hydrogens (tertiary/aromatic N) is 3. The monoisotopic (exact) mass is 261 g/mol. The molecular weight excluding hydrogens is 250 g/mol. The molecule has 1 aliphatic rings. The molecule has 1 fully saturated rings. The molecule has 0 bridgehead atoms. The van der Waals surface area contributed by atoms with Gasteiger partial charge in [0.05, 0.1) is 6.42 Å². The maximum atomic E-state index is 10.8. The molecule has 1 aromatic heterocycles. The van der Waals surface area contributed by atoms with E-state index >= 15 is 0 Å². The van der Waals surface area contributed by atoms with Crippen LogP contribution in [0, 0.1) is 0 Å². The molecule has 0 aliphatic carbocycles. The normalized spacial score (nSPS) is 21.1. The van der Waals surface area contributed by atoms with Gasteiger partial charge in [-0.3, -0.25) is 4.79 Å². The van der Waals surface area contributed by atoms with Gasteiger partial charge in [-0.25, -0.2) is 0 Å². The summed E-state index contributed by atoms with van der Waals surface area (Å²) in [5.74, 6) is -0.771. The van der Waals surface area contributed by atoms with Crippen LogP contribution in [0.2, 0.25) is 4.47 Å². The second-order valence-corrected chi connectivity index (χ2v) is 5.32. The highest BCUT2D eigenvalue weighted by Crippen LogP contribution is 2.30. The molecule has 1 unspecified atom stereocenters. The van der Waals surface area contributed by atoms with E-state index in [1.54, 1.807) is 0 Å². The van der Waals surface area contributed by atoms with Crippen molar-refractivity contribution in [1.29, 1.82) is 0 Å². The zero-order valence-electron chi connectivity index (χ0n) is 8.60. The Balaban J connectivity index is 2.12. The maximum absolute atomic E-state index is 10.8. The number of carboxylic acids is 1. The van der Waals surface area contributed by atoms with Crippen LogP contribution in [0.15, 0.2) is 0 Å². The minimum Gasteiger partial charge on any atom is -0.481 e. The Morgan fingerprint density at radius 1 is 1.56 bits per heavy atom. The molecule has 1 N–H and O–H groups in total. The minimum absolute atomic E-state index is 0.0234. The SMILES string of the molecule is O=C(O)CC1CCCCN1c1nnc(Cl)s1. The first-order valence-electron chi connectivity index (χ1n) is 5.14. The number of carboxylic acid groups (broad SMARTS) is 1. The smallest absolute Gasteiger partial charge is 0.305 e. The molecule has 5 nitrogen and oxygen atoms in total. The third-order valence-electron chi connectivity index (χ3n) is 2.67. The van der Waals surface area contributed by atoms with E-state index in [1.165, 1.54) is 11.3 Å². The Bertz CT molecular complexity index is 385. The topological polar surface area (TPSA) is 66.3 Å². The minimum atomic E-state index is -0.771. The summed E-state index contributed by atoms with van der Waals surface area (Å²) in [6.45, 7) is 0.837. The Hall–Kier alpha value is -0.880. The van der Waals surface area contributed by atoms with Gasteiger partial charge in [0.1, 0.15) is 0 Å². The molecule has 88 valence electrons. The van der Waals surface area contributed by atoms with E-state index in [0.717, 1.165) is 30.9 Å². The highest BCUT2D eigenvalue weighted by Gasteiger charge is 2.27. The summed E-state index contributed by atoms with van der Waals surface area (Å²) in [7, 11) is 0. The van der Waals surface area contributed by atoms with Crippen molar-refractivity contribution in [1.82, 2.24) is 10.2 Å². The average molecular weight is 262 g/mol. The number of aliphatic carboxylic acids is 1. The highest BCUT2D eigenvalue weighted by atomic mass is 35.5. The molecule has 0 amide bonds. The Morgan fingerprint density at radius 3 is 3.00 bits per heavy atom. The second kappa shape index (κ2) is 4.97. The van der Waals surface area contributed by atoms with E-state index in [2.05, 4.69) is 10.2 Å². The lowest BCUT2D eigenvalue weighted by Gasteiger charge is -2.34. The molecule has 0 radical (unpaired) electrons.